The number of hydrogen-bond acceptors (Lipinski definition) is 5. The number of carbonyl (C=O) groups is 3. The van der Waals surface area contributed by atoms with Crippen molar-refractivity contribution in [2.75, 3.05) is 14.2 Å². The average molecular weight is 408 g/mol. The fourth-order valence-electron chi connectivity index (χ4n) is 2.45. The van der Waals surface area contributed by atoms with E-state index in [9.17, 15) is 14.4 Å². The van der Waals surface area contributed by atoms with Crippen molar-refractivity contribution in [1.82, 2.24) is 5.32 Å². The van der Waals surface area contributed by atoms with Gasteiger partial charge in [-0.15, -0.1) is 0 Å². The Balaban J connectivity index is 2.25. The van der Waals surface area contributed by atoms with Gasteiger partial charge in [-0.05, 0) is 29.3 Å². The number of benzene rings is 2. The van der Waals surface area contributed by atoms with Crippen LogP contribution in [0.15, 0.2) is 40.9 Å². The summed E-state index contributed by atoms with van der Waals surface area (Å²) in [4.78, 5) is 35.9. The second kappa shape index (κ2) is 8.62. The average Bonchev–Trinajstić information content (AvgIpc) is 2.64. The summed E-state index contributed by atoms with van der Waals surface area (Å²) in [6, 6.07) is 9.96. The topological polar surface area (TPSA) is 81.7 Å². The van der Waals surface area contributed by atoms with Gasteiger partial charge in [-0.25, -0.2) is 4.79 Å². The normalized spacial score (nSPS) is 11.6. The predicted molar refractivity (Wildman–Crippen MR) is 96.2 cm³/mol. The number of carbonyl (C=O) groups excluding carboxylic acids is 3. The molecule has 0 aliphatic rings. The number of fused-ring (bicyclic) bond motifs is 1. The predicted octanol–water partition coefficient (Wildman–Crippen LogP) is 2.83. The van der Waals surface area contributed by atoms with E-state index in [2.05, 4.69) is 26.0 Å². The van der Waals surface area contributed by atoms with Gasteiger partial charge in [0.25, 0.3) is 5.91 Å². The molecule has 1 amide bonds. The van der Waals surface area contributed by atoms with Crippen molar-refractivity contribution in [3.63, 3.8) is 0 Å². The summed E-state index contributed by atoms with van der Waals surface area (Å²) in [5, 5.41) is 4.28. The quantitative estimate of drug-likeness (QED) is 0.744. The molecule has 0 bridgehead atoms. The number of nitrogens with one attached hydrogen (secondary N) is 1. The highest BCUT2D eigenvalue weighted by molar-refractivity contribution is 9.10. The summed E-state index contributed by atoms with van der Waals surface area (Å²) in [6.45, 7) is 0. The molecule has 0 aliphatic heterocycles. The van der Waals surface area contributed by atoms with E-state index in [1.807, 2.05) is 24.3 Å². The first-order chi connectivity index (χ1) is 12.0. The van der Waals surface area contributed by atoms with Crippen LogP contribution in [0.1, 0.15) is 23.2 Å². The summed E-state index contributed by atoms with van der Waals surface area (Å²) in [6.07, 6.45) is 0.0944. The minimum absolute atomic E-state index is 0.00235. The van der Waals surface area contributed by atoms with Crippen molar-refractivity contribution in [3.05, 3.63) is 46.4 Å². The van der Waals surface area contributed by atoms with E-state index >= 15 is 0 Å². The molecule has 132 valence electrons. The zero-order valence-corrected chi connectivity index (χ0v) is 15.5. The Morgan fingerprint density at radius 1 is 1.04 bits per heavy atom. The Hall–Kier alpha value is -2.41. The number of esters is 2. The van der Waals surface area contributed by atoms with Crippen LogP contribution in [0.4, 0.5) is 0 Å². The lowest BCUT2D eigenvalue weighted by molar-refractivity contribution is -0.144. The highest BCUT2D eigenvalue weighted by Crippen LogP contribution is 2.26. The lowest BCUT2D eigenvalue weighted by Crippen LogP contribution is -2.42. The van der Waals surface area contributed by atoms with E-state index in [0.29, 0.717) is 5.56 Å². The molecule has 0 radical (unpaired) electrons. The van der Waals surface area contributed by atoms with Crippen LogP contribution in [-0.4, -0.2) is 38.1 Å². The first-order valence-corrected chi connectivity index (χ1v) is 8.40. The van der Waals surface area contributed by atoms with Gasteiger partial charge in [0.1, 0.15) is 6.04 Å². The molecule has 0 aromatic heterocycles. The molecule has 7 heteroatoms. The van der Waals surface area contributed by atoms with Crippen molar-refractivity contribution < 1.29 is 23.9 Å². The maximum atomic E-state index is 12.7. The molecular formula is C18H18BrNO5. The minimum Gasteiger partial charge on any atom is -0.469 e. The highest BCUT2D eigenvalue weighted by atomic mass is 79.9. The smallest absolute Gasteiger partial charge is 0.328 e. The van der Waals surface area contributed by atoms with Gasteiger partial charge in [0.2, 0.25) is 0 Å². The zero-order chi connectivity index (χ0) is 18.4. The summed E-state index contributed by atoms with van der Waals surface area (Å²) in [5.41, 5.74) is 0.436. The Morgan fingerprint density at radius 2 is 1.72 bits per heavy atom. The van der Waals surface area contributed by atoms with Gasteiger partial charge in [-0.3, -0.25) is 9.59 Å². The molecular weight excluding hydrogens is 390 g/mol. The van der Waals surface area contributed by atoms with Crippen LogP contribution in [-0.2, 0) is 19.1 Å². The molecule has 0 saturated heterocycles. The van der Waals surface area contributed by atoms with E-state index in [0.717, 1.165) is 15.2 Å². The number of hydrogen-bond donors (Lipinski definition) is 1. The van der Waals surface area contributed by atoms with Crippen LogP contribution in [0.5, 0.6) is 0 Å². The summed E-state index contributed by atoms with van der Waals surface area (Å²) >= 11 is 3.46. The number of methoxy groups -OCH3 is 2. The summed E-state index contributed by atoms with van der Waals surface area (Å²) < 4.78 is 10.1. The highest BCUT2D eigenvalue weighted by Gasteiger charge is 2.24. The van der Waals surface area contributed by atoms with Gasteiger partial charge in [-0.2, -0.15) is 0 Å². The van der Waals surface area contributed by atoms with Crippen molar-refractivity contribution in [3.8, 4) is 0 Å². The molecule has 1 N–H and O–H groups in total. The third kappa shape index (κ3) is 4.57. The zero-order valence-electron chi connectivity index (χ0n) is 13.9. The van der Waals surface area contributed by atoms with Crippen LogP contribution in [0.3, 0.4) is 0 Å². The fraction of sp³-hybridized carbons (Fsp3) is 0.278. The van der Waals surface area contributed by atoms with Crippen molar-refractivity contribution in [2.45, 2.75) is 18.9 Å². The second-order valence-electron chi connectivity index (χ2n) is 5.30. The maximum Gasteiger partial charge on any atom is 0.328 e. The third-order valence-electron chi connectivity index (χ3n) is 3.77. The van der Waals surface area contributed by atoms with E-state index in [4.69, 9.17) is 4.74 Å². The molecule has 0 unspecified atom stereocenters. The molecule has 1 atom stereocenters. The Kier molecular flexibility index (Phi) is 6.52. The molecule has 0 spiro atoms. The second-order valence-corrected chi connectivity index (χ2v) is 6.16. The number of ether oxygens (including phenoxy) is 2. The third-order valence-corrected chi connectivity index (χ3v) is 4.46. The molecule has 2 aromatic carbocycles. The monoisotopic (exact) mass is 407 g/mol. The van der Waals surface area contributed by atoms with Crippen molar-refractivity contribution >= 4 is 44.5 Å². The Labute approximate surface area is 153 Å². The van der Waals surface area contributed by atoms with Crippen LogP contribution >= 0.6 is 15.9 Å². The molecule has 0 fully saturated rings. The minimum atomic E-state index is -0.931. The SMILES string of the molecule is COC(=O)CC[C@@H](NC(=O)c1ccc(Br)c2ccccc12)C(=O)OC. The molecule has 2 aromatic rings. The fourth-order valence-corrected chi connectivity index (χ4v) is 2.93. The standard InChI is InChI=1S/C18H18BrNO5/c1-24-16(21)10-9-15(18(23)25-2)20-17(22)13-7-8-14(19)12-6-4-3-5-11(12)13/h3-8,15H,9-10H2,1-2H3,(H,20,22)/t15-/m1/s1. The summed E-state index contributed by atoms with van der Waals surface area (Å²) in [5.74, 6) is -1.49. The number of halogens is 1. The first kappa shape index (κ1) is 18.9. The Morgan fingerprint density at radius 3 is 2.36 bits per heavy atom. The lowest BCUT2D eigenvalue weighted by Gasteiger charge is -2.17. The van der Waals surface area contributed by atoms with Crippen LogP contribution in [0.2, 0.25) is 0 Å². The lowest BCUT2D eigenvalue weighted by atomic mass is 10.0. The van der Waals surface area contributed by atoms with Gasteiger partial charge in [0.15, 0.2) is 0 Å². The number of amides is 1. The molecule has 2 rings (SSSR count). The number of rotatable bonds is 6. The Bertz CT molecular complexity index is 805. The molecule has 0 heterocycles. The van der Waals surface area contributed by atoms with Crippen molar-refractivity contribution in [2.24, 2.45) is 0 Å². The van der Waals surface area contributed by atoms with Gasteiger partial charge < -0.3 is 14.8 Å². The van der Waals surface area contributed by atoms with E-state index in [1.54, 1.807) is 12.1 Å². The van der Waals surface area contributed by atoms with Crippen molar-refractivity contribution in [1.29, 1.82) is 0 Å². The van der Waals surface area contributed by atoms with Gasteiger partial charge in [0.05, 0.1) is 14.2 Å². The van der Waals surface area contributed by atoms with Gasteiger partial charge >= 0.3 is 11.9 Å². The first-order valence-electron chi connectivity index (χ1n) is 7.60. The molecule has 6 nitrogen and oxygen atoms in total. The van der Waals surface area contributed by atoms with Gasteiger partial charge in [0, 0.05) is 16.5 Å². The van der Waals surface area contributed by atoms with Crippen LogP contribution in [0, 0.1) is 0 Å². The summed E-state index contributed by atoms with van der Waals surface area (Å²) in [7, 11) is 2.50. The van der Waals surface area contributed by atoms with E-state index in [-0.39, 0.29) is 12.8 Å². The van der Waals surface area contributed by atoms with Crippen LogP contribution < -0.4 is 5.32 Å². The van der Waals surface area contributed by atoms with Crippen LogP contribution in [0.25, 0.3) is 10.8 Å². The van der Waals surface area contributed by atoms with E-state index in [1.165, 1.54) is 14.2 Å². The molecule has 0 aliphatic carbocycles. The van der Waals surface area contributed by atoms with E-state index < -0.39 is 23.9 Å². The van der Waals surface area contributed by atoms with Gasteiger partial charge in [-0.1, -0.05) is 40.2 Å². The molecule has 0 saturated carbocycles. The maximum absolute atomic E-state index is 12.7. The largest absolute Gasteiger partial charge is 0.469 e. The molecule has 25 heavy (non-hydrogen) atoms.